The highest BCUT2D eigenvalue weighted by atomic mass is 16.6. The molecule has 27 heavy (non-hydrogen) atoms. The first-order chi connectivity index (χ1) is 13.0. The summed E-state index contributed by atoms with van der Waals surface area (Å²) < 4.78 is 1.85. The Bertz CT molecular complexity index is 1000. The fourth-order valence-electron chi connectivity index (χ4n) is 3.30. The number of hydrogen-bond donors (Lipinski definition) is 0. The van der Waals surface area contributed by atoms with Crippen molar-refractivity contribution in [2.75, 3.05) is 31.1 Å². The molecular formula is C19H19N5O3. The molecule has 1 aliphatic rings. The SMILES string of the molecule is Cc1ccn2cc(C(=O)N3CCN(c4ccc([N+](=O)[O-])cc4)CC3)nc2c1. The third-order valence-corrected chi connectivity index (χ3v) is 4.83. The van der Waals surface area contributed by atoms with Crippen molar-refractivity contribution in [2.45, 2.75) is 6.92 Å². The van der Waals surface area contributed by atoms with Gasteiger partial charge >= 0.3 is 0 Å². The molecule has 1 aromatic carbocycles. The molecule has 8 nitrogen and oxygen atoms in total. The molecule has 0 radical (unpaired) electrons. The summed E-state index contributed by atoms with van der Waals surface area (Å²) in [6.45, 7) is 4.52. The lowest BCUT2D eigenvalue weighted by atomic mass is 10.2. The van der Waals surface area contributed by atoms with E-state index in [0.717, 1.165) is 16.9 Å². The van der Waals surface area contributed by atoms with Gasteiger partial charge in [-0.3, -0.25) is 14.9 Å². The molecule has 1 aliphatic heterocycles. The zero-order valence-corrected chi connectivity index (χ0v) is 14.9. The Hall–Kier alpha value is -3.42. The van der Waals surface area contributed by atoms with Crippen molar-refractivity contribution in [2.24, 2.45) is 0 Å². The maximum absolute atomic E-state index is 12.8. The first-order valence-corrected chi connectivity index (χ1v) is 8.75. The number of piperazine rings is 1. The van der Waals surface area contributed by atoms with Crippen molar-refractivity contribution in [1.82, 2.24) is 14.3 Å². The van der Waals surface area contributed by atoms with Crippen LogP contribution in [0.3, 0.4) is 0 Å². The van der Waals surface area contributed by atoms with E-state index < -0.39 is 4.92 Å². The van der Waals surface area contributed by atoms with Gasteiger partial charge in [-0.1, -0.05) is 0 Å². The minimum absolute atomic E-state index is 0.0697. The molecule has 0 atom stereocenters. The highest BCUT2D eigenvalue weighted by Gasteiger charge is 2.24. The summed E-state index contributed by atoms with van der Waals surface area (Å²) in [5.41, 5.74) is 3.32. The van der Waals surface area contributed by atoms with E-state index in [2.05, 4.69) is 9.88 Å². The second-order valence-corrected chi connectivity index (χ2v) is 6.65. The quantitative estimate of drug-likeness (QED) is 0.526. The number of carbonyl (C=O) groups excluding carboxylic acids is 1. The van der Waals surface area contributed by atoms with Crippen LogP contribution >= 0.6 is 0 Å². The molecular weight excluding hydrogens is 346 g/mol. The molecule has 1 saturated heterocycles. The van der Waals surface area contributed by atoms with Crippen LogP contribution in [0.2, 0.25) is 0 Å². The summed E-state index contributed by atoms with van der Waals surface area (Å²) in [6.07, 6.45) is 3.67. The van der Waals surface area contributed by atoms with Gasteiger partial charge in [0.25, 0.3) is 11.6 Å². The molecule has 8 heteroatoms. The second-order valence-electron chi connectivity index (χ2n) is 6.65. The molecule has 0 N–H and O–H groups in total. The Labute approximate surface area is 155 Å². The molecule has 0 bridgehead atoms. The van der Waals surface area contributed by atoms with Crippen LogP contribution in [0.5, 0.6) is 0 Å². The minimum atomic E-state index is -0.406. The maximum atomic E-state index is 12.8. The van der Waals surface area contributed by atoms with Crippen LogP contribution in [0.4, 0.5) is 11.4 Å². The molecule has 138 valence electrons. The zero-order valence-electron chi connectivity index (χ0n) is 14.9. The van der Waals surface area contributed by atoms with Gasteiger partial charge in [-0.25, -0.2) is 4.98 Å². The van der Waals surface area contributed by atoms with Crippen LogP contribution < -0.4 is 4.90 Å². The molecule has 1 fully saturated rings. The Morgan fingerprint density at radius 2 is 1.81 bits per heavy atom. The van der Waals surface area contributed by atoms with E-state index in [1.807, 2.05) is 29.7 Å². The first kappa shape index (κ1) is 17.0. The van der Waals surface area contributed by atoms with Crippen LogP contribution in [0, 0.1) is 17.0 Å². The van der Waals surface area contributed by atoms with Crippen LogP contribution in [0.25, 0.3) is 5.65 Å². The molecule has 3 heterocycles. The number of nitro groups is 1. The van der Waals surface area contributed by atoms with Crippen molar-refractivity contribution < 1.29 is 9.72 Å². The largest absolute Gasteiger partial charge is 0.368 e. The number of fused-ring (bicyclic) bond motifs is 1. The molecule has 4 rings (SSSR count). The molecule has 0 spiro atoms. The van der Waals surface area contributed by atoms with Gasteiger partial charge in [-0.2, -0.15) is 0 Å². The molecule has 0 saturated carbocycles. The van der Waals surface area contributed by atoms with Crippen LogP contribution in [0.1, 0.15) is 16.1 Å². The lowest BCUT2D eigenvalue weighted by Gasteiger charge is -2.35. The van der Waals surface area contributed by atoms with Crippen LogP contribution in [-0.4, -0.2) is 51.3 Å². The Balaban J connectivity index is 1.43. The fraction of sp³-hybridized carbons (Fsp3) is 0.263. The van der Waals surface area contributed by atoms with E-state index >= 15 is 0 Å². The number of benzene rings is 1. The first-order valence-electron chi connectivity index (χ1n) is 8.75. The smallest absolute Gasteiger partial charge is 0.274 e. The molecule has 3 aromatic rings. The monoisotopic (exact) mass is 365 g/mol. The van der Waals surface area contributed by atoms with E-state index in [1.165, 1.54) is 12.1 Å². The number of nitro benzene ring substituents is 1. The van der Waals surface area contributed by atoms with E-state index in [9.17, 15) is 14.9 Å². The van der Waals surface area contributed by atoms with Crippen LogP contribution in [-0.2, 0) is 0 Å². The van der Waals surface area contributed by atoms with Crippen molar-refractivity contribution in [3.05, 3.63) is 70.2 Å². The average Bonchev–Trinajstić information content (AvgIpc) is 3.11. The number of carbonyl (C=O) groups is 1. The number of hydrogen-bond acceptors (Lipinski definition) is 5. The predicted octanol–water partition coefficient (Wildman–Crippen LogP) is 2.51. The average molecular weight is 365 g/mol. The van der Waals surface area contributed by atoms with E-state index in [4.69, 9.17) is 0 Å². The molecule has 0 aliphatic carbocycles. The van der Waals surface area contributed by atoms with Crippen molar-refractivity contribution in [3.8, 4) is 0 Å². The normalized spacial score (nSPS) is 14.6. The molecule has 1 amide bonds. The van der Waals surface area contributed by atoms with E-state index in [0.29, 0.717) is 31.9 Å². The van der Waals surface area contributed by atoms with Crippen molar-refractivity contribution in [3.63, 3.8) is 0 Å². The van der Waals surface area contributed by atoms with Gasteiger partial charge in [0, 0.05) is 56.4 Å². The number of rotatable bonds is 3. The number of amides is 1. The van der Waals surface area contributed by atoms with Crippen molar-refractivity contribution >= 4 is 22.9 Å². The second kappa shape index (κ2) is 6.71. The highest BCUT2D eigenvalue weighted by Crippen LogP contribution is 2.21. The molecule has 2 aromatic heterocycles. The van der Waals surface area contributed by atoms with Crippen molar-refractivity contribution in [1.29, 1.82) is 0 Å². The number of non-ortho nitro benzene ring substituents is 1. The highest BCUT2D eigenvalue weighted by molar-refractivity contribution is 5.93. The van der Waals surface area contributed by atoms with Gasteiger partial charge in [0.05, 0.1) is 4.92 Å². The van der Waals surface area contributed by atoms with E-state index in [1.54, 1.807) is 23.2 Å². The summed E-state index contributed by atoms with van der Waals surface area (Å²) in [6, 6.07) is 10.4. The number of aromatic nitrogens is 2. The Kier molecular flexibility index (Phi) is 4.23. The summed E-state index contributed by atoms with van der Waals surface area (Å²) in [5.74, 6) is -0.0697. The number of anilines is 1. The summed E-state index contributed by atoms with van der Waals surface area (Å²) >= 11 is 0. The maximum Gasteiger partial charge on any atom is 0.274 e. The van der Waals surface area contributed by atoms with Crippen LogP contribution in [0.15, 0.2) is 48.8 Å². The summed E-state index contributed by atoms with van der Waals surface area (Å²) in [7, 11) is 0. The number of nitrogens with zero attached hydrogens (tertiary/aromatic N) is 5. The summed E-state index contributed by atoms with van der Waals surface area (Å²) in [5, 5.41) is 10.8. The van der Waals surface area contributed by atoms with Gasteiger partial charge in [0.15, 0.2) is 0 Å². The van der Waals surface area contributed by atoms with Gasteiger partial charge in [0.1, 0.15) is 11.3 Å². The number of aryl methyl sites for hydroxylation is 1. The lowest BCUT2D eigenvalue weighted by molar-refractivity contribution is -0.384. The zero-order chi connectivity index (χ0) is 19.0. The fourth-order valence-corrected chi connectivity index (χ4v) is 3.30. The predicted molar refractivity (Wildman–Crippen MR) is 101 cm³/mol. The third kappa shape index (κ3) is 3.33. The van der Waals surface area contributed by atoms with Gasteiger partial charge in [0.2, 0.25) is 0 Å². The Morgan fingerprint density at radius 1 is 1.11 bits per heavy atom. The summed E-state index contributed by atoms with van der Waals surface area (Å²) in [4.78, 5) is 31.5. The van der Waals surface area contributed by atoms with Gasteiger partial charge < -0.3 is 14.2 Å². The third-order valence-electron chi connectivity index (χ3n) is 4.83. The van der Waals surface area contributed by atoms with Gasteiger partial charge in [-0.05, 0) is 36.8 Å². The number of imidazole rings is 1. The standard InChI is InChI=1S/C19H19N5O3/c1-14-6-7-23-13-17(20-18(23)12-14)19(25)22-10-8-21(9-11-22)15-2-4-16(5-3-15)24(26)27/h2-7,12-13H,8-11H2,1H3. The topological polar surface area (TPSA) is 84.0 Å². The number of pyridine rings is 1. The molecule has 0 unspecified atom stereocenters. The Morgan fingerprint density at radius 3 is 2.48 bits per heavy atom. The lowest BCUT2D eigenvalue weighted by Crippen LogP contribution is -2.48. The van der Waals surface area contributed by atoms with E-state index in [-0.39, 0.29) is 11.6 Å². The minimum Gasteiger partial charge on any atom is -0.368 e. The van der Waals surface area contributed by atoms with Gasteiger partial charge in [-0.15, -0.1) is 0 Å².